The summed E-state index contributed by atoms with van der Waals surface area (Å²) in [5.41, 5.74) is 7.03. The van der Waals surface area contributed by atoms with Gasteiger partial charge in [0.1, 0.15) is 5.75 Å². The third-order valence-electron chi connectivity index (χ3n) is 3.35. The molecule has 5 nitrogen and oxygen atoms in total. The van der Waals surface area contributed by atoms with E-state index in [1.54, 1.807) is 18.2 Å². The molecule has 5 heteroatoms. The van der Waals surface area contributed by atoms with Crippen LogP contribution in [0.5, 0.6) is 5.75 Å². The van der Waals surface area contributed by atoms with E-state index in [1.807, 2.05) is 14.1 Å². The predicted molar refractivity (Wildman–Crippen MR) is 91.4 cm³/mol. The molecule has 0 bridgehead atoms. The summed E-state index contributed by atoms with van der Waals surface area (Å²) < 4.78 is 5.59. The van der Waals surface area contributed by atoms with Crippen molar-refractivity contribution in [2.75, 3.05) is 39.5 Å². The van der Waals surface area contributed by atoms with Gasteiger partial charge in [-0.25, -0.2) is 0 Å². The zero-order chi connectivity index (χ0) is 16.4. The van der Waals surface area contributed by atoms with Crippen molar-refractivity contribution in [1.29, 1.82) is 0 Å². The zero-order valence-electron chi connectivity index (χ0n) is 14.0. The lowest BCUT2D eigenvalue weighted by atomic mass is 10.1. The first-order valence-electron chi connectivity index (χ1n) is 7.99. The molecule has 0 aliphatic carbocycles. The molecule has 0 aliphatic rings. The maximum Gasteiger partial charge on any atom is 0.251 e. The van der Waals surface area contributed by atoms with Gasteiger partial charge in [0.05, 0.1) is 12.3 Å². The molecule has 0 unspecified atom stereocenters. The fraction of sp³-hybridized carbons (Fsp3) is 0.588. The Hall–Kier alpha value is -1.75. The van der Waals surface area contributed by atoms with Gasteiger partial charge in [0.2, 0.25) is 0 Å². The van der Waals surface area contributed by atoms with Crippen LogP contribution in [0.25, 0.3) is 0 Å². The third kappa shape index (κ3) is 6.80. The first kappa shape index (κ1) is 18.3. The van der Waals surface area contributed by atoms with E-state index in [1.165, 1.54) is 0 Å². The Labute approximate surface area is 133 Å². The molecule has 0 radical (unpaired) electrons. The molecule has 0 heterocycles. The highest BCUT2D eigenvalue weighted by atomic mass is 16.5. The maximum atomic E-state index is 12.0. The number of hydrogen-bond donors (Lipinski definition) is 2. The molecular weight excluding hydrogens is 278 g/mol. The lowest BCUT2D eigenvalue weighted by Crippen LogP contribution is -2.25. The third-order valence-corrected chi connectivity index (χ3v) is 3.35. The minimum absolute atomic E-state index is 0.0864. The van der Waals surface area contributed by atoms with Crippen LogP contribution in [0, 0.1) is 0 Å². The Kier molecular flexibility index (Phi) is 8.36. The van der Waals surface area contributed by atoms with Gasteiger partial charge in [-0.05, 0) is 58.1 Å². The number of nitrogens with one attached hydrogen (secondary N) is 1. The normalized spacial score (nSPS) is 10.7. The van der Waals surface area contributed by atoms with Crippen LogP contribution >= 0.6 is 0 Å². The molecule has 0 atom stereocenters. The van der Waals surface area contributed by atoms with Crippen LogP contribution in [0.2, 0.25) is 0 Å². The van der Waals surface area contributed by atoms with E-state index in [2.05, 4.69) is 17.1 Å². The maximum absolute atomic E-state index is 12.0. The van der Waals surface area contributed by atoms with Gasteiger partial charge in [0.15, 0.2) is 0 Å². The molecule has 124 valence electrons. The summed E-state index contributed by atoms with van der Waals surface area (Å²) in [6.07, 6.45) is 4.11. The smallest absolute Gasteiger partial charge is 0.251 e. The molecule has 0 aliphatic heterocycles. The summed E-state index contributed by atoms with van der Waals surface area (Å²) >= 11 is 0. The Morgan fingerprint density at radius 1 is 1.27 bits per heavy atom. The summed E-state index contributed by atoms with van der Waals surface area (Å²) in [7, 11) is 4.09. The van der Waals surface area contributed by atoms with Crippen LogP contribution in [0.3, 0.4) is 0 Å². The molecule has 22 heavy (non-hydrogen) atoms. The molecule has 0 saturated carbocycles. The van der Waals surface area contributed by atoms with Crippen molar-refractivity contribution >= 4 is 11.6 Å². The average Bonchev–Trinajstić information content (AvgIpc) is 2.48. The van der Waals surface area contributed by atoms with Crippen molar-refractivity contribution < 1.29 is 9.53 Å². The Bertz CT molecular complexity index is 461. The Morgan fingerprint density at radius 3 is 2.68 bits per heavy atom. The number of nitrogen functional groups attached to an aromatic ring is 1. The van der Waals surface area contributed by atoms with Crippen LogP contribution < -0.4 is 15.8 Å². The topological polar surface area (TPSA) is 67.6 Å². The highest BCUT2D eigenvalue weighted by Gasteiger charge is 2.08. The molecule has 1 amide bonds. The van der Waals surface area contributed by atoms with Crippen LogP contribution in [-0.2, 0) is 0 Å². The Morgan fingerprint density at radius 2 is 2.05 bits per heavy atom. The number of nitrogens with zero attached hydrogens (tertiary/aromatic N) is 1. The summed E-state index contributed by atoms with van der Waals surface area (Å²) in [5, 5.41) is 2.92. The number of rotatable bonds is 10. The van der Waals surface area contributed by atoms with E-state index in [-0.39, 0.29) is 5.91 Å². The number of carbonyl (C=O) groups is 1. The Balaban J connectivity index is 2.41. The van der Waals surface area contributed by atoms with Crippen LogP contribution in [-0.4, -0.2) is 44.6 Å². The monoisotopic (exact) mass is 307 g/mol. The summed E-state index contributed by atoms with van der Waals surface area (Å²) in [4.78, 5) is 14.2. The van der Waals surface area contributed by atoms with Gasteiger partial charge in [-0.3, -0.25) is 4.79 Å². The average molecular weight is 307 g/mol. The van der Waals surface area contributed by atoms with Gasteiger partial charge in [-0.1, -0.05) is 13.3 Å². The SMILES string of the molecule is CCCCOc1ccc(C(=O)NCCCCN(C)C)cc1N. The molecule has 1 aromatic carbocycles. The fourth-order valence-corrected chi connectivity index (χ4v) is 2.00. The molecule has 3 N–H and O–H groups in total. The van der Waals surface area contributed by atoms with Crippen molar-refractivity contribution in [2.24, 2.45) is 0 Å². The van der Waals surface area contributed by atoms with E-state index in [9.17, 15) is 4.79 Å². The second kappa shape index (κ2) is 10.1. The predicted octanol–water partition coefficient (Wildman–Crippen LogP) is 2.52. The van der Waals surface area contributed by atoms with Crippen molar-refractivity contribution in [2.45, 2.75) is 32.6 Å². The molecule has 1 rings (SSSR count). The van der Waals surface area contributed by atoms with Crippen molar-refractivity contribution in [3.63, 3.8) is 0 Å². The zero-order valence-corrected chi connectivity index (χ0v) is 14.0. The van der Waals surface area contributed by atoms with E-state index < -0.39 is 0 Å². The van der Waals surface area contributed by atoms with Gasteiger partial charge < -0.3 is 20.7 Å². The van der Waals surface area contributed by atoms with E-state index in [4.69, 9.17) is 10.5 Å². The molecule has 0 fully saturated rings. The lowest BCUT2D eigenvalue weighted by molar-refractivity contribution is 0.0953. The quantitative estimate of drug-likeness (QED) is 0.515. The standard InChI is InChI=1S/C17H29N3O2/c1-4-5-12-22-16-9-8-14(13-15(16)18)17(21)19-10-6-7-11-20(2)3/h8-9,13H,4-7,10-12,18H2,1-3H3,(H,19,21). The first-order chi connectivity index (χ1) is 10.5. The van der Waals surface area contributed by atoms with Crippen molar-refractivity contribution in [1.82, 2.24) is 10.2 Å². The number of amides is 1. The van der Waals surface area contributed by atoms with Gasteiger partial charge in [-0.15, -0.1) is 0 Å². The van der Waals surface area contributed by atoms with Crippen LogP contribution in [0.1, 0.15) is 43.0 Å². The number of unbranched alkanes of at least 4 members (excludes halogenated alkanes) is 2. The largest absolute Gasteiger partial charge is 0.491 e. The van der Waals surface area contributed by atoms with Gasteiger partial charge in [0.25, 0.3) is 5.91 Å². The number of nitrogens with two attached hydrogens (primary N) is 1. The molecule has 0 aromatic heterocycles. The highest BCUT2D eigenvalue weighted by Crippen LogP contribution is 2.22. The van der Waals surface area contributed by atoms with Gasteiger partial charge in [-0.2, -0.15) is 0 Å². The summed E-state index contributed by atoms with van der Waals surface area (Å²) in [6.45, 7) is 4.48. The second-order valence-corrected chi connectivity index (χ2v) is 5.72. The van der Waals surface area contributed by atoms with Crippen molar-refractivity contribution in [3.8, 4) is 5.75 Å². The van der Waals surface area contributed by atoms with Crippen LogP contribution in [0.15, 0.2) is 18.2 Å². The van der Waals surface area contributed by atoms with Gasteiger partial charge in [0, 0.05) is 12.1 Å². The highest BCUT2D eigenvalue weighted by molar-refractivity contribution is 5.95. The summed E-state index contributed by atoms with van der Waals surface area (Å²) in [5.74, 6) is 0.563. The number of hydrogen-bond acceptors (Lipinski definition) is 4. The number of anilines is 1. The van der Waals surface area contributed by atoms with E-state index in [0.29, 0.717) is 30.2 Å². The molecule has 0 saturated heterocycles. The van der Waals surface area contributed by atoms with Crippen LogP contribution in [0.4, 0.5) is 5.69 Å². The molecular formula is C17H29N3O2. The lowest BCUT2D eigenvalue weighted by Gasteiger charge is -2.11. The fourth-order valence-electron chi connectivity index (χ4n) is 2.00. The minimum atomic E-state index is -0.0864. The summed E-state index contributed by atoms with van der Waals surface area (Å²) in [6, 6.07) is 5.20. The minimum Gasteiger partial charge on any atom is -0.491 e. The van der Waals surface area contributed by atoms with Gasteiger partial charge >= 0.3 is 0 Å². The molecule has 0 spiro atoms. The number of ether oxygens (including phenoxy) is 1. The number of carbonyl (C=O) groups excluding carboxylic acids is 1. The molecule has 1 aromatic rings. The first-order valence-corrected chi connectivity index (χ1v) is 7.99. The number of benzene rings is 1. The van der Waals surface area contributed by atoms with E-state index >= 15 is 0 Å². The van der Waals surface area contributed by atoms with Crippen molar-refractivity contribution in [3.05, 3.63) is 23.8 Å². The van der Waals surface area contributed by atoms with E-state index in [0.717, 1.165) is 32.2 Å². The second-order valence-electron chi connectivity index (χ2n) is 5.72.